The molecule has 1 aromatic rings. The van der Waals surface area contributed by atoms with Crippen molar-refractivity contribution >= 4 is 25.2 Å². The van der Waals surface area contributed by atoms with Crippen molar-refractivity contribution in [3.63, 3.8) is 0 Å². The Morgan fingerprint density at radius 3 is 2.19 bits per heavy atom. The third-order valence-electron chi connectivity index (χ3n) is 2.69. The summed E-state index contributed by atoms with van der Waals surface area (Å²) in [5.74, 6) is 0. The fourth-order valence-corrected chi connectivity index (χ4v) is 4.16. The van der Waals surface area contributed by atoms with E-state index in [1.54, 1.807) is 14.2 Å². The van der Waals surface area contributed by atoms with Crippen LogP contribution >= 0.6 is 15.9 Å². The summed E-state index contributed by atoms with van der Waals surface area (Å²) in [7, 11) is 1.92. The lowest BCUT2D eigenvalue weighted by molar-refractivity contribution is 0.264. The van der Waals surface area contributed by atoms with Crippen LogP contribution < -0.4 is 0 Å². The van der Waals surface area contributed by atoms with Gasteiger partial charge >= 0.3 is 9.28 Å². The maximum Gasteiger partial charge on any atom is 0.328 e. The Balaban J connectivity index is 2.87. The number of rotatable bonds is 6. The molecule has 0 aromatic heterocycles. The van der Waals surface area contributed by atoms with Crippen molar-refractivity contribution in [1.29, 1.82) is 0 Å². The van der Waals surface area contributed by atoms with E-state index in [1.165, 1.54) is 5.56 Å². The Bertz CT molecular complexity index is 298. The normalized spacial score (nSPS) is 13.1. The maximum atomic E-state index is 5.50. The van der Waals surface area contributed by atoms with Crippen LogP contribution in [0.25, 0.3) is 0 Å². The van der Waals surface area contributed by atoms with E-state index in [-0.39, 0.29) is 0 Å². The summed E-state index contributed by atoms with van der Waals surface area (Å²) in [5, 5.41) is 0. The van der Waals surface area contributed by atoms with E-state index in [0.29, 0.717) is 5.54 Å². The highest BCUT2D eigenvalue weighted by Gasteiger charge is 2.25. The Morgan fingerprint density at radius 2 is 1.75 bits per heavy atom. The molecule has 0 aliphatic rings. The minimum absolute atomic E-state index is 0.438. The van der Waals surface area contributed by atoms with Gasteiger partial charge in [0.2, 0.25) is 0 Å². The molecule has 2 nitrogen and oxygen atoms in total. The first kappa shape index (κ1) is 13.9. The van der Waals surface area contributed by atoms with E-state index in [9.17, 15) is 0 Å². The predicted octanol–water partition coefficient (Wildman–Crippen LogP) is 3.39. The Labute approximate surface area is 108 Å². The number of benzene rings is 1. The van der Waals surface area contributed by atoms with E-state index in [0.717, 1.165) is 17.3 Å². The van der Waals surface area contributed by atoms with Crippen LogP contribution in [0.4, 0.5) is 0 Å². The minimum Gasteiger partial charge on any atom is -0.400 e. The van der Waals surface area contributed by atoms with E-state index in [1.807, 2.05) is 0 Å². The van der Waals surface area contributed by atoms with E-state index < -0.39 is 9.28 Å². The first-order valence-corrected chi connectivity index (χ1v) is 7.94. The van der Waals surface area contributed by atoms with E-state index in [4.69, 9.17) is 8.85 Å². The van der Waals surface area contributed by atoms with Crippen LogP contribution in [-0.4, -0.2) is 23.5 Å². The molecule has 1 atom stereocenters. The highest BCUT2D eigenvalue weighted by molar-refractivity contribution is 9.10. The summed E-state index contributed by atoms with van der Waals surface area (Å²) < 4.78 is 12.1. The lowest BCUT2D eigenvalue weighted by Gasteiger charge is -2.22. The molecule has 0 aliphatic heterocycles. The second-order valence-corrected chi connectivity index (χ2v) is 7.19. The zero-order chi connectivity index (χ0) is 12.0. The number of hydrogen-bond donors (Lipinski definition) is 0. The van der Waals surface area contributed by atoms with Gasteiger partial charge in [-0.25, -0.2) is 0 Å². The van der Waals surface area contributed by atoms with Gasteiger partial charge in [-0.2, -0.15) is 0 Å². The molecule has 0 aliphatic carbocycles. The van der Waals surface area contributed by atoms with Crippen molar-refractivity contribution in [2.75, 3.05) is 14.2 Å². The summed E-state index contributed by atoms with van der Waals surface area (Å²) in [4.78, 5) is 0. The molecule has 0 N–H and O–H groups in total. The van der Waals surface area contributed by atoms with Gasteiger partial charge in [-0.15, -0.1) is 0 Å². The Morgan fingerprint density at radius 1 is 1.19 bits per heavy atom. The van der Waals surface area contributed by atoms with Gasteiger partial charge in [-0.3, -0.25) is 0 Å². The molecule has 1 aromatic carbocycles. The summed E-state index contributed by atoms with van der Waals surface area (Å²) >= 11 is 3.45. The van der Waals surface area contributed by atoms with Crippen molar-refractivity contribution in [3.05, 3.63) is 34.3 Å². The van der Waals surface area contributed by atoms with Crippen LogP contribution in [0.15, 0.2) is 28.7 Å². The van der Waals surface area contributed by atoms with Gasteiger partial charge in [0.1, 0.15) is 0 Å². The van der Waals surface area contributed by atoms with Crippen molar-refractivity contribution in [1.82, 2.24) is 0 Å². The van der Waals surface area contributed by atoms with Gasteiger partial charge in [0.15, 0.2) is 0 Å². The smallest absolute Gasteiger partial charge is 0.328 e. The fourth-order valence-electron chi connectivity index (χ4n) is 1.91. The molecule has 0 radical (unpaired) electrons. The van der Waals surface area contributed by atoms with Crippen LogP contribution in [0.2, 0.25) is 0 Å². The fraction of sp³-hybridized carbons (Fsp3) is 0.500. The Kier molecular flexibility index (Phi) is 6.27. The van der Waals surface area contributed by atoms with Crippen LogP contribution in [0.5, 0.6) is 0 Å². The summed E-state index contributed by atoms with van der Waals surface area (Å²) in [6.45, 7) is 2.20. The molecule has 0 bridgehead atoms. The zero-order valence-corrected chi connectivity index (χ0v) is 12.8. The van der Waals surface area contributed by atoms with Crippen molar-refractivity contribution in [3.8, 4) is 0 Å². The molecule has 0 fully saturated rings. The summed E-state index contributed by atoms with van der Waals surface area (Å²) in [5.41, 5.74) is 1.76. The lowest BCUT2D eigenvalue weighted by Crippen LogP contribution is -2.28. The molecule has 1 rings (SSSR count). The molecule has 0 saturated heterocycles. The van der Waals surface area contributed by atoms with Crippen molar-refractivity contribution < 1.29 is 8.85 Å². The van der Waals surface area contributed by atoms with E-state index in [2.05, 4.69) is 47.1 Å². The highest BCUT2D eigenvalue weighted by Crippen LogP contribution is 2.26. The third-order valence-corrected chi connectivity index (χ3v) is 5.52. The molecular weight excluding hydrogens is 284 g/mol. The first-order valence-electron chi connectivity index (χ1n) is 5.54. The quantitative estimate of drug-likeness (QED) is 0.750. The Hall–Kier alpha value is -0.163. The standard InChI is InChI=1S/C12H19BrO2Si/c1-4-5-12(16(14-2)15-3)10-6-8-11(13)9-7-10/h6-9,12,16H,4-5H2,1-3H3. The van der Waals surface area contributed by atoms with Gasteiger partial charge in [0, 0.05) is 24.2 Å². The molecule has 0 spiro atoms. The molecule has 0 amide bonds. The second-order valence-electron chi connectivity index (χ2n) is 3.79. The number of hydrogen-bond acceptors (Lipinski definition) is 2. The van der Waals surface area contributed by atoms with E-state index >= 15 is 0 Å². The van der Waals surface area contributed by atoms with Gasteiger partial charge in [-0.1, -0.05) is 41.4 Å². The molecule has 90 valence electrons. The van der Waals surface area contributed by atoms with Gasteiger partial charge in [-0.05, 0) is 24.1 Å². The maximum absolute atomic E-state index is 5.50. The van der Waals surface area contributed by atoms with Crippen LogP contribution in [0, 0.1) is 0 Å². The van der Waals surface area contributed by atoms with Crippen LogP contribution in [0.3, 0.4) is 0 Å². The molecule has 0 heterocycles. The largest absolute Gasteiger partial charge is 0.400 e. The minimum atomic E-state index is -1.58. The zero-order valence-electron chi connectivity index (χ0n) is 10.1. The third kappa shape index (κ3) is 3.70. The molecule has 4 heteroatoms. The lowest BCUT2D eigenvalue weighted by atomic mass is 10.1. The van der Waals surface area contributed by atoms with Crippen LogP contribution in [-0.2, 0) is 8.85 Å². The van der Waals surface area contributed by atoms with Crippen LogP contribution in [0.1, 0.15) is 30.9 Å². The first-order chi connectivity index (χ1) is 7.72. The topological polar surface area (TPSA) is 18.5 Å². The highest BCUT2D eigenvalue weighted by atomic mass is 79.9. The van der Waals surface area contributed by atoms with Gasteiger partial charge in [0.25, 0.3) is 0 Å². The van der Waals surface area contributed by atoms with Gasteiger partial charge < -0.3 is 8.85 Å². The molecule has 1 unspecified atom stereocenters. The molecule has 16 heavy (non-hydrogen) atoms. The van der Waals surface area contributed by atoms with Crippen molar-refractivity contribution in [2.24, 2.45) is 0 Å². The average molecular weight is 303 g/mol. The molecule has 0 saturated carbocycles. The summed E-state index contributed by atoms with van der Waals surface area (Å²) in [6, 6.07) is 8.47. The number of halogens is 1. The monoisotopic (exact) mass is 302 g/mol. The molecular formula is C12H19BrO2Si. The SMILES string of the molecule is CCCC(c1ccc(Br)cc1)[SiH](OC)OC. The summed E-state index contributed by atoms with van der Waals surface area (Å²) in [6.07, 6.45) is 2.27. The van der Waals surface area contributed by atoms with Gasteiger partial charge in [0.05, 0.1) is 0 Å². The predicted molar refractivity (Wildman–Crippen MR) is 73.0 cm³/mol. The second kappa shape index (κ2) is 7.22. The van der Waals surface area contributed by atoms with Crippen molar-refractivity contribution in [2.45, 2.75) is 25.3 Å². The average Bonchev–Trinajstić information content (AvgIpc) is 2.31.